The van der Waals surface area contributed by atoms with Crippen LogP contribution in [0.3, 0.4) is 0 Å². The second-order valence-corrected chi connectivity index (χ2v) is 5.62. The maximum atomic E-state index is 12.6. The van der Waals surface area contributed by atoms with E-state index in [2.05, 4.69) is 5.10 Å². The van der Waals surface area contributed by atoms with Gasteiger partial charge in [-0.2, -0.15) is 10.1 Å². The van der Waals surface area contributed by atoms with E-state index in [1.807, 2.05) is 31.2 Å². The molecule has 2 aromatic carbocycles. The number of hydrazone groups is 1. The summed E-state index contributed by atoms with van der Waals surface area (Å²) in [5, 5.41) is 14.6. The Bertz CT molecular complexity index is 862. The Morgan fingerprint density at radius 3 is 2.25 bits per heavy atom. The average molecular weight is 320 g/mol. The molecule has 1 aliphatic rings. The molecule has 0 fully saturated rings. The molecule has 0 saturated carbocycles. The van der Waals surface area contributed by atoms with Gasteiger partial charge in [0.25, 0.3) is 5.91 Å². The summed E-state index contributed by atoms with van der Waals surface area (Å²) in [6, 6.07) is 13.9. The molecule has 3 rings (SSSR count). The number of hydrogen-bond donors (Lipinski definition) is 1. The van der Waals surface area contributed by atoms with E-state index in [0.29, 0.717) is 11.3 Å². The lowest BCUT2D eigenvalue weighted by Gasteiger charge is -2.11. The van der Waals surface area contributed by atoms with Crippen molar-refractivity contribution in [2.45, 2.75) is 13.8 Å². The number of anilines is 1. The van der Waals surface area contributed by atoms with Crippen LogP contribution in [0.5, 0.6) is 0 Å². The maximum absolute atomic E-state index is 12.6. The first-order chi connectivity index (χ1) is 11.5. The zero-order valence-electron chi connectivity index (χ0n) is 13.4. The molecule has 0 unspecified atom stereocenters. The summed E-state index contributed by atoms with van der Waals surface area (Å²) >= 11 is 0. The number of carboxylic acids is 1. The zero-order chi connectivity index (χ0) is 17.3. The number of benzene rings is 2. The fourth-order valence-corrected chi connectivity index (χ4v) is 2.43. The summed E-state index contributed by atoms with van der Waals surface area (Å²) in [5.74, 6) is -1.17. The molecule has 0 atom stereocenters. The number of rotatable bonds is 3. The quantitative estimate of drug-likeness (QED) is 0.880. The number of carbonyl (C=O) groups excluding carboxylic acids is 1. The van der Waals surface area contributed by atoms with Crippen molar-refractivity contribution in [1.82, 2.24) is 0 Å². The lowest BCUT2D eigenvalue weighted by Crippen LogP contribution is -2.21. The zero-order valence-corrected chi connectivity index (χ0v) is 13.4. The van der Waals surface area contributed by atoms with Crippen molar-refractivity contribution in [2.24, 2.45) is 5.10 Å². The highest BCUT2D eigenvalue weighted by atomic mass is 16.4. The molecule has 0 radical (unpaired) electrons. The van der Waals surface area contributed by atoms with E-state index >= 15 is 0 Å². The fraction of sp³-hybridized carbons (Fsp3) is 0.105. The van der Waals surface area contributed by atoms with Crippen LogP contribution < -0.4 is 5.01 Å². The van der Waals surface area contributed by atoms with Crippen molar-refractivity contribution >= 4 is 29.4 Å². The second-order valence-electron chi connectivity index (χ2n) is 5.62. The molecule has 24 heavy (non-hydrogen) atoms. The standard InChI is InChI=1S/C19H16N2O3/c1-12-3-9-16(10-4-12)21-18(22)17(13(2)20-21)11-14-5-7-15(8-6-14)19(23)24/h3-11H,1-2H3,(H,23,24)/b17-11-. The predicted octanol–water partition coefficient (Wildman–Crippen LogP) is 3.50. The second kappa shape index (κ2) is 6.12. The van der Waals surface area contributed by atoms with Gasteiger partial charge in [-0.25, -0.2) is 4.79 Å². The Balaban J connectivity index is 1.89. The van der Waals surface area contributed by atoms with Gasteiger partial charge >= 0.3 is 5.97 Å². The van der Waals surface area contributed by atoms with Crippen LogP contribution in [-0.4, -0.2) is 22.7 Å². The van der Waals surface area contributed by atoms with Crippen LogP contribution in [-0.2, 0) is 4.79 Å². The van der Waals surface area contributed by atoms with E-state index in [4.69, 9.17) is 5.11 Å². The largest absolute Gasteiger partial charge is 0.478 e. The SMILES string of the molecule is CC1=NN(c2ccc(C)cc2)C(=O)/C1=C\c1ccc(C(=O)O)cc1. The number of nitrogens with zero attached hydrogens (tertiary/aromatic N) is 2. The number of hydrogen-bond acceptors (Lipinski definition) is 3. The van der Waals surface area contributed by atoms with Crippen LogP contribution in [0.2, 0.25) is 0 Å². The Kier molecular flexibility index (Phi) is 4.00. The number of amides is 1. The van der Waals surface area contributed by atoms with Crippen LogP contribution in [0.1, 0.15) is 28.4 Å². The number of aryl methyl sites for hydroxylation is 1. The number of aromatic carboxylic acids is 1. The van der Waals surface area contributed by atoms with E-state index < -0.39 is 5.97 Å². The lowest BCUT2D eigenvalue weighted by atomic mass is 10.1. The molecule has 1 heterocycles. The summed E-state index contributed by atoms with van der Waals surface area (Å²) in [7, 11) is 0. The average Bonchev–Trinajstić information content (AvgIpc) is 2.84. The molecular weight excluding hydrogens is 304 g/mol. The Morgan fingerprint density at radius 1 is 1.04 bits per heavy atom. The van der Waals surface area contributed by atoms with Crippen molar-refractivity contribution in [3.63, 3.8) is 0 Å². The summed E-state index contributed by atoms with van der Waals surface area (Å²) < 4.78 is 0. The van der Waals surface area contributed by atoms with E-state index in [9.17, 15) is 9.59 Å². The minimum atomic E-state index is -0.977. The van der Waals surface area contributed by atoms with Gasteiger partial charge in [0.15, 0.2) is 0 Å². The molecule has 0 spiro atoms. The first-order valence-electron chi connectivity index (χ1n) is 7.47. The molecule has 2 aromatic rings. The molecule has 0 aliphatic carbocycles. The van der Waals surface area contributed by atoms with Gasteiger partial charge in [-0.15, -0.1) is 0 Å². The summed E-state index contributed by atoms with van der Waals surface area (Å²) in [4.78, 5) is 23.5. The molecule has 5 nitrogen and oxygen atoms in total. The summed E-state index contributed by atoms with van der Waals surface area (Å²) in [5.41, 5.74) is 3.92. The fourth-order valence-electron chi connectivity index (χ4n) is 2.43. The molecule has 0 bridgehead atoms. The molecule has 1 aliphatic heterocycles. The highest BCUT2D eigenvalue weighted by Crippen LogP contribution is 2.25. The smallest absolute Gasteiger partial charge is 0.335 e. The van der Waals surface area contributed by atoms with Crippen molar-refractivity contribution in [3.8, 4) is 0 Å². The first-order valence-corrected chi connectivity index (χ1v) is 7.47. The molecule has 0 aromatic heterocycles. The minimum Gasteiger partial charge on any atom is -0.478 e. The van der Waals surface area contributed by atoms with Gasteiger partial charge in [0.05, 0.1) is 22.5 Å². The third-order valence-electron chi connectivity index (χ3n) is 3.81. The Hall–Kier alpha value is -3.21. The normalized spacial score (nSPS) is 15.8. The lowest BCUT2D eigenvalue weighted by molar-refractivity contribution is -0.114. The molecule has 5 heteroatoms. The van der Waals surface area contributed by atoms with Crippen LogP contribution >= 0.6 is 0 Å². The van der Waals surface area contributed by atoms with Gasteiger partial charge in [0, 0.05) is 0 Å². The predicted molar refractivity (Wildman–Crippen MR) is 93.2 cm³/mol. The maximum Gasteiger partial charge on any atom is 0.335 e. The van der Waals surface area contributed by atoms with Crippen molar-refractivity contribution < 1.29 is 14.7 Å². The van der Waals surface area contributed by atoms with E-state index in [1.165, 1.54) is 17.1 Å². The molecule has 0 saturated heterocycles. The van der Waals surface area contributed by atoms with Gasteiger partial charge < -0.3 is 5.11 Å². The Morgan fingerprint density at radius 2 is 1.67 bits per heavy atom. The van der Waals surface area contributed by atoms with Crippen LogP contribution in [0.25, 0.3) is 6.08 Å². The highest BCUT2D eigenvalue weighted by molar-refractivity contribution is 6.32. The number of carboxylic acid groups (broad SMARTS) is 1. The van der Waals surface area contributed by atoms with Gasteiger partial charge in [-0.3, -0.25) is 4.79 Å². The van der Waals surface area contributed by atoms with Crippen molar-refractivity contribution in [3.05, 3.63) is 70.8 Å². The van der Waals surface area contributed by atoms with Gasteiger partial charge in [-0.05, 0) is 49.8 Å². The summed E-state index contributed by atoms with van der Waals surface area (Å²) in [6.07, 6.45) is 1.72. The van der Waals surface area contributed by atoms with Crippen LogP contribution in [0.4, 0.5) is 5.69 Å². The highest BCUT2D eigenvalue weighted by Gasteiger charge is 2.28. The molecule has 120 valence electrons. The molecular formula is C19H16N2O3. The van der Waals surface area contributed by atoms with E-state index in [-0.39, 0.29) is 11.5 Å². The summed E-state index contributed by atoms with van der Waals surface area (Å²) in [6.45, 7) is 3.76. The molecule has 1 amide bonds. The van der Waals surface area contributed by atoms with E-state index in [0.717, 1.165) is 16.8 Å². The van der Waals surface area contributed by atoms with Crippen molar-refractivity contribution in [2.75, 3.05) is 5.01 Å². The van der Waals surface area contributed by atoms with Crippen LogP contribution in [0, 0.1) is 6.92 Å². The third kappa shape index (κ3) is 2.96. The van der Waals surface area contributed by atoms with Gasteiger partial charge in [0.1, 0.15) is 0 Å². The number of carbonyl (C=O) groups is 2. The van der Waals surface area contributed by atoms with Crippen LogP contribution in [0.15, 0.2) is 59.2 Å². The minimum absolute atomic E-state index is 0.196. The van der Waals surface area contributed by atoms with Crippen molar-refractivity contribution in [1.29, 1.82) is 0 Å². The first kappa shape index (κ1) is 15.7. The van der Waals surface area contributed by atoms with Gasteiger partial charge in [0.2, 0.25) is 0 Å². The Labute approximate surface area is 139 Å². The monoisotopic (exact) mass is 320 g/mol. The van der Waals surface area contributed by atoms with E-state index in [1.54, 1.807) is 25.1 Å². The topological polar surface area (TPSA) is 70.0 Å². The third-order valence-corrected chi connectivity index (χ3v) is 3.81. The molecule has 1 N–H and O–H groups in total. The van der Waals surface area contributed by atoms with Gasteiger partial charge in [-0.1, -0.05) is 29.8 Å².